The molecular formula is C23H22N4O4. The average molecular weight is 418 g/mol. The molecule has 1 aliphatic rings. The van der Waals surface area contributed by atoms with E-state index in [4.69, 9.17) is 14.0 Å². The lowest BCUT2D eigenvalue weighted by Crippen LogP contribution is -2.24. The Kier molecular flexibility index (Phi) is 4.82. The number of nitrogens with one attached hydrogen (secondary N) is 1. The lowest BCUT2D eigenvalue weighted by molar-refractivity contribution is -0.128. The Morgan fingerprint density at radius 1 is 1.16 bits per heavy atom. The third-order valence-electron chi connectivity index (χ3n) is 5.67. The summed E-state index contributed by atoms with van der Waals surface area (Å²) in [5, 5.41) is 5.20. The molecule has 4 aromatic rings. The summed E-state index contributed by atoms with van der Waals surface area (Å²) >= 11 is 0. The van der Waals surface area contributed by atoms with Gasteiger partial charge in [-0.15, -0.1) is 0 Å². The van der Waals surface area contributed by atoms with Crippen LogP contribution in [0.5, 0.6) is 11.5 Å². The summed E-state index contributed by atoms with van der Waals surface area (Å²) in [4.78, 5) is 22.2. The fourth-order valence-electron chi connectivity index (χ4n) is 4.08. The van der Waals surface area contributed by atoms with Crippen molar-refractivity contribution in [3.63, 3.8) is 0 Å². The SMILES string of the molecule is COc1ccc(CN2CC(c3noc(-c4cccc5[nH]ccc45)n3)CC2=O)cc1OC. The fraction of sp³-hybridized carbons (Fsp3) is 0.261. The van der Waals surface area contributed by atoms with E-state index >= 15 is 0 Å². The maximum atomic E-state index is 12.6. The second-order valence-corrected chi connectivity index (χ2v) is 7.57. The van der Waals surface area contributed by atoms with Crippen molar-refractivity contribution in [2.75, 3.05) is 20.8 Å². The van der Waals surface area contributed by atoms with Gasteiger partial charge in [-0.05, 0) is 35.9 Å². The van der Waals surface area contributed by atoms with Gasteiger partial charge in [0.25, 0.3) is 5.89 Å². The van der Waals surface area contributed by atoms with Crippen LogP contribution in [-0.2, 0) is 11.3 Å². The molecular weight excluding hydrogens is 396 g/mol. The van der Waals surface area contributed by atoms with E-state index in [9.17, 15) is 4.79 Å². The van der Waals surface area contributed by atoms with Gasteiger partial charge in [0, 0.05) is 48.1 Å². The molecule has 3 heterocycles. The minimum Gasteiger partial charge on any atom is -0.493 e. The number of carbonyl (C=O) groups excluding carboxylic acids is 1. The van der Waals surface area contributed by atoms with E-state index in [2.05, 4.69) is 15.1 Å². The fourth-order valence-corrected chi connectivity index (χ4v) is 4.08. The third-order valence-corrected chi connectivity index (χ3v) is 5.67. The molecule has 0 spiro atoms. The Morgan fingerprint density at radius 3 is 2.87 bits per heavy atom. The second kappa shape index (κ2) is 7.79. The minimum absolute atomic E-state index is 0.0684. The number of benzene rings is 2. The molecule has 0 aliphatic carbocycles. The molecule has 1 saturated heterocycles. The Labute approximate surface area is 178 Å². The first kappa shape index (κ1) is 19.2. The van der Waals surface area contributed by atoms with E-state index < -0.39 is 0 Å². The number of hydrogen-bond acceptors (Lipinski definition) is 6. The topological polar surface area (TPSA) is 93.5 Å². The second-order valence-electron chi connectivity index (χ2n) is 7.57. The summed E-state index contributed by atoms with van der Waals surface area (Å²) < 4.78 is 16.2. The van der Waals surface area contributed by atoms with Gasteiger partial charge in [0.1, 0.15) is 0 Å². The Balaban J connectivity index is 1.33. The molecule has 2 aromatic carbocycles. The van der Waals surface area contributed by atoms with Crippen LogP contribution in [0.4, 0.5) is 0 Å². The van der Waals surface area contributed by atoms with Crippen LogP contribution in [-0.4, -0.2) is 46.7 Å². The van der Waals surface area contributed by atoms with Crippen LogP contribution in [0.15, 0.2) is 53.2 Å². The van der Waals surface area contributed by atoms with Crippen LogP contribution >= 0.6 is 0 Å². The summed E-state index contributed by atoms with van der Waals surface area (Å²) in [7, 11) is 3.20. The summed E-state index contributed by atoms with van der Waals surface area (Å²) in [5.74, 6) is 2.30. The van der Waals surface area contributed by atoms with E-state index in [-0.39, 0.29) is 11.8 Å². The quantitative estimate of drug-likeness (QED) is 0.513. The van der Waals surface area contributed by atoms with Crippen LogP contribution in [0.1, 0.15) is 23.7 Å². The Hall–Kier alpha value is -3.81. The lowest BCUT2D eigenvalue weighted by atomic mass is 10.1. The highest BCUT2D eigenvalue weighted by Gasteiger charge is 2.34. The maximum absolute atomic E-state index is 12.6. The van der Waals surface area contributed by atoms with Gasteiger partial charge in [0.15, 0.2) is 17.3 Å². The number of ether oxygens (including phenoxy) is 2. The molecule has 8 nitrogen and oxygen atoms in total. The first-order chi connectivity index (χ1) is 15.2. The predicted molar refractivity (Wildman–Crippen MR) is 114 cm³/mol. The number of aromatic nitrogens is 3. The molecule has 2 aromatic heterocycles. The molecule has 0 saturated carbocycles. The molecule has 1 fully saturated rings. The largest absolute Gasteiger partial charge is 0.493 e. The summed E-state index contributed by atoms with van der Waals surface area (Å²) in [6.45, 7) is 1.03. The zero-order valence-electron chi connectivity index (χ0n) is 17.3. The van der Waals surface area contributed by atoms with E-state index in [1.165, 1.54) is 0 Å². The summed E-state index contributed by atoms with van der Waals surface area (Å²) in [5.41, 5.74) is 2.86. The summed E-state index contributed by atoms with van der Waals surface area (Å²) in [6.07, 6.45) is 2.24. The van der Waals surface area contributed by atoms with Gasteiger partial charge in [0.2, 0.25) is 5.91 Å². The molecule has 8 heteroatoms. The van der Waals surface area contributed by atoms with Crippen molar-refractivity contribution >= 4 is 16.8 Å². The molecule has 1 N–H and O–H groups in total. The Bertz CT molecular complexity index is 1250. The van der Waals surface area contributed by atoms with E-state index in [1.807, 2.05) is 53.6 Å². The molecule has 0 bridgehead atoms. The van der Waals surface area contributed by atoms with Crippen molar-refractivity contribution in [2.24, 2.45) is 0 Å². The minimum atomic E-state index is -0.101. The number of amides is 1. The zero-order chi connectivity index (χ0) is 21.4. The molecule has 0 radical (unpaired) electrons. The number of likely N-dealkylation sites (tertiary alicyclic amines) is 1. The van der Waals surface area contributed by atoms with Gasteiger partial charge >= 0.3 is 0 Å². The number of methoxy groups -OCH3 is 2. The number of nitrogens with zero attached hydrogens (tertiary/aromatic N) is 3. The number of fused-ring (bicyclic) bond motifs is 1. The Morgan fingerprint density at radius 2 is 2.03 bits per heavy atom. The van der Waals surface area contributed by atoms with Crippen LogP contribution in [0.2, 0.25) is 0 Å². The van der Waals surface area contributed by atoms with Gasteiger partial charge in [-0.2, -0.15) is 4.98 Å². The van der Waals surface area contributed by atoms with Crippen molar-refractivity contribution < 1.29 is 18.8 Å². The molecule has 31 heavy (non-hydrogen) atoms. The molecule has 1 unspecified atom stereocenters. The number of aromatic amines is 1. The van der Waals surface area contributed by atoms with Gasteiger partial charge in [-0.25, -0.2) is 0 Å². The standard InChI is InChI=1S/C23H22N4O4/c1-29-19-7-6-14(10-20(19)30-2)12-27-13-15(11-21(27)28)22-25-23(31-26-22)17-4-3-5-18-16(17)8-9-24-18/h3-10,15,24H,11-13H2,1-2H3. The van der Waals surface area contributed by atoms with Crippen LogP contribution in [0.25, 0.3) is 22.4 Å². The first-order valence-electron chi connectivity index (χ1n) is 10.0. The zero-order valence-corrected chi connectivity index (χ0v) is 17.3. The van der Waals surface area contributed by atoms with Crippen molar-refractivity contribution in [3.05, 3.63) is 60.0 Å². The van der Waals surface area contributed by atoms with Crippen LogP contribution in [0.3, 0.4) is 0 Å². The number of carbonyl (C=O) groups is 1. The smallest absolute Gasteiger partial charge is 0.258 e. The van der Waals surface area contributed by atoms with Gasteiger partial charge < -0.3 is 23.9 Å². The van der Waals surface area contributed by atoms with Crippen LogP contribution < -0.4 is 9.47 Å². The van der Waals surface area contributed by atoms with Gasteiger partial charge in [0.05, 0.1) is 14.2 Å². The lowest BCUT2D eigenvalue weighted by Gasteiger charge is -2.17. The van der Waals surface area contributed by atoms with Crippen LogP contribution in [0, 0.1) is 0 Å². The normalized spacial score (nSPS) is 16.3. The van der Waals surface area contributed by atoms with E-state index in [0.29, 0.717) is 42.7 Å². The van der Waals surface area contributed by atoms with Crippen molar-refractivity contribution in [3.8, 4) is 23.0 Å². The van der Waals surface area contributed by atoms with Gasteiger partial charge in [-0.1, -0.05) is 17.3 Å². The number of hydrogen-bond donors (Lipinski definition) is 1. The molecule has 1 atom stereocenters. The third kappa shape index (κ3) is 3.50. The van der Waals surface area contributed by atoms with Crippen molar-refractivity contribution in [1.82, 2.24) is 20.0 Å². The van der Waals surface area contributed by atoms with E-state index in [0.717, 1.165) is 22.0 Å². The molecule has 158 valence electrons. The van der Waals surface area contributed by atoms with E-state index in [1.54, 1.807) is 14.2 Å². The first-order valence-corrected chi connectivity index (χ1v) is 10.0. The highest BCUT2D eigenvalue weighted by Crippen LogP contribution is 2.33. The summed E-state index contributed by atoms with van der Waals surface area (Å²) in [6, 6.07) is 13.6. The molecule has 1 amide bonds. The van der Waals surface area contributed by atoms with Gasteiger partial charge in [-0.3, -0.25) is 4.79 Å². The molecule has 1 aliphatic heterocycles. The average Bonchev–Trinajstić information content (AvgIpc) is 3.53. The maximum Gasteiger partial charge on any atom is 0.258 e. The van der Waals surface area contributed by atoms with Crippen molar-refractivity contribution in [1.29, 1.82) is 0 Å². The number of H-pyrrole nitrogens is 1. The predicted octanol–water partition coefficient (Wildman–Crippen LogP) is 3.75. The molecule has 5 rings (SSSR count). The highest BCUT2D eigenvalue weighted by molar-refractivity contribution is 5.92. The monoisotopic (exact) mass is 418 g/mol. The van der Waals surface area contributed by atoms with Crippen molar-refractivity contribution in [2.45, 2.75) is 18.9 Å². The number of rotatable bonds is 6. The highest BCUT2D eigenvalue weighted by atomic mass is 16.5.